The van der Waals surface area contributed by atoms with Gasteiger partial charge in [-0.1, -0.05) is 28.1 Å². The van der Waals surface area contributed by atoms with Crippen LogP contribution in [-0.4, -0.2) is 41.3 Å². The van der Waals surface area contributed by atoms with Gasteiger partial charge in [-0.2, -0.15) is 4.98 Å². The van der Waals surface area contributed by atoms with Crippen molar-refractivity contribution in [2.24, 2.45) is 0 Å². The first-order valence-corrected chi connectivity index (χ1v) is 12.5. The van der Waals surface area contributed by atoms with Crippen LogP contribution < -0.4 is 20.9 Å². The molecule has 174 valence electrons. The van der Waals surface area contributed by atoms with Gasteiger partial charge in [0.2, 0.25) is 5.95 Å². The minimum absolute atomic E-state index is 0.358. The summed E-state index contributed by atoms with van der Waals surface area (Å²) in [4.78, 5) is 11.6. The summed E-state index contributed by atoms with van der Waals surface area (Å²) in [6.45, 7) is 4.19. The van der Waals surface area contributed by atoms with E-state index in [0.717, 1.165) is 52.6 Å². The van der Waals surface area contributed by atoms with Crippen LogP contribution in [0.1, 0.15) is 36.8 Å². The average Bonchev–Trinajstić information content (AvgIpc) is 2.77. The number of para-hydroxylation sites is 1. The third-order valence-corrected chi connectivity index (χ3v) is 6.82. The lowest BCUT2D eigenvalue weighted by molar-refractivity contribution is 0.387. The number of nitrogens with one attached hydrogen (secondary N) is 3. The van der Waals surface area contributed by atoms with Crippen molar-refractivity contribution in [1.82, 2.24) is 15.3 Å². The molecule has 0 unspecified atom stereocenters. The van der Waals surface area contributed by atoms with Crippen molar-refractivity contribution in [3.8, 4) is 0 Å². The molecule has 1 aliphatic rings. The Morgan fingerprint density at radius 3 is 2.30 bits per heavy atom. The quantitative estimate of drug-likeness (QED) is 0.364. The van der Waals surface area contributed by atoms with Gasteiger partial charge >= 0.3 is 0 Å². The Kier molecular flexibility index (Phi) is 7.34. The normalized spacial score (nSPS) is 18.1. The van der Waals surface area contributed by atoms with Gasteiger partial charge in [0.1, 0.15) is 5.82 Å². The first-order valence-electron chi connectivity index (χ1n) is 11.3. The Labute approximate surface area is 209 Å². The maximum Gasteiger partial charge on any atom is 0.225 e. The summed E-state index contributed by atoms with van der Waals surface area (Å²) in [5.41, 5.74) is 4.39. The number of fused-ring (bicyclic) bond motifs is 1. The van der Waals surface area contributed by atoms with Crippen molar-refractivity contribution in [3.63, 3.8) is 0 Å². The molecule has 33 heavy (non-hydrogen) atoms. The highest BCUT2D eigenvalue weighted by Gasteiger charge is 2.23. The second kappa shape index (κ2) is 10.2. The average molecular weight is 528 g/mol. The van der Waals surface area contributed by atoms with Gasteiger partial charge in [0.05, 0.1) is 5.52 Å². The molecule has 1 fully saturated rings. The molecule has 0 spiro atoms. The minimum atomic E-state index is 0.358. The topological polar surface area (TPSA) is 65.1 Å². The molecule has 0 radical (unpaired) electrons. The van der Waals surface area contributed by atoms with E-state index in [0.29, 0.717) is 23.1 Å². The van der Waals surface area contributed by atoms with E-state index in [1.54, 1.807) is 0 Å². The number of hydrogen-bond donors (Lipinski definition) is 3. The second-order valence-corrected chi connectivity index (χ2v) is 10.3. The summed E-state index contributed by atoms with van der Waals surface area (Å²) in [6.07, 6.45) is 4.19. The smallest absolute Gasteiger partial charge is 0.225 e. The van der Waals surface area contributed by atoms with Gasteiger partial charge < -0.3 is 20.9 Å². The first-order chi connectivity index (χ1) is 15.8. The number of aryl methyl sites for hydroxylation is 2. The fourth-order valence-corrected chi connectivity index (χ4v) is 5.43. The maximum atomic E-state index is 5.61. The molecule has 1 aromatic heterocycles. The Hall–Kier alpha value is -2.45. The van der Waals surface area contributed by atoms with Crippen LogP contribution in [0.2, 0.25) is 0 Å². The van der Waals surface area contributed by atoms with Crippen LogP contribution in [0.3, 0.4) is 0 Å². The standard InChI is InChI=1S/C25H31BrN6S/c1-15-13-17(26)14-16(2)22(15)30-25(33)28-19-11-9-18(10-12-19)27-24-29-21-8-6-5-7-20(21)23(31-24)32(3)4/h5-8,13-14,18-19H,9-12H2,1-4H3,(H,27,29,31)(H2,28,30,33). The van der Waals surface area contributed by atoms with Crippen molar-refractivity contribution < 1.29 is 0 Å². The van der Waals surface area contributed by atoms with Crippen molar-refractivity contribution in [3.05, 3.63) is 52.0 Å². The van der Waals surface area contributed by atoms with Gasteiger partial charge in [0.15, 0.2) is 5.11 Å². The summed E-state index contributed by atoms with van der Waals surface area (Å²) in [5, 5.41) is 12.2. The summed E-state index contributed by atoms with van der Waals surface area (Å²) >= 11 is 9.16. The zero-order valence-electron chi connectivity index (χ0n) is 19.6. The number of halogens is 1. The van der Waals surface area contributed by atoms with E-state index >= 15 is 0 Å². The van der Waals surface area contributed by atoms with Crippen LogP contribution in [-0.2, 0) is 0 Å². The Bertz CT molecular complexity index is 1130. The van der Waals surface area contributed by atoms with E-state index in [1.165, 1.54) is 11.1 Å². The van der Waals surface area contributed by atoms with Gasteiger partial charge in [-0.3, -0.25) is 0 Å². The van der Waals surface area contributed by atoms with Crippen molar-refractivity contribution in [1.29, 1.82) is 0 Å². The predicted molar refractivity (Wildman–Crippen MR) is 147 cm³/mol. The molecule has 0 aliphatic heterocycles. The summed E-state index contributed by atoms with van der Waals surface area (Å²) < 4.78 is 1.08. The number of nitrogens with zero attached hydrogens (tertiary/aromatic N) is 3. The number of thiocarbonyl (C=S) groups is 1. The Morgan fingerprint density at radius 1 is 1.00 bits per heavy atom. The fourth-order valence-electron chi connectivity index (χ4n) is 4.47. The highest BCUT2D eigenvalue weighted by molar-refractivity contribution is 9.10. The lowest BCUT2D eigenvalue weighted by Gasteiger charge is -2.31. The first kappa shape index (κ1) is 23.7. The van der Waals surface area contributed by atoms with Crippen molar-refractivity contribution >= 4 is 61.6 Å². The van der Waals surface area contributed by atoms with E-state index in [4.69, 9.17) is 22.2 Å². The zero-order chi connectivity index (χ0) is 23.5. The monoisotopic (exact) mass is 526 g/mol. The van der Waals surface area contributed by atoms with Crippen LogP contribution in [0.25, 0.3) is 10.9 Å². The molecule has 3 aromatic rings. The zero-order valence-corrected chi connectivity index (χ0v) is 22.0. The number of hydrogen-bond acceptors (Lipinski definition) is 5. The van der Waals surface area contributed by atoms with Gasteiger partial charge in [0.25, 0.3) is 0 Å². The van der Waals surface area contributed by atoms with E-state index < -0.39 is 0 Å². The number of benzene rings is 2. The van der Waals surface area contributed by atoms with Gasteiger partial charge in [-0.05, 0) is 87.1 Å². The molecule has 0 amide bonds. The Balaban J connectivity index is 1.34. The lowest BCUT2D eigenvalue weighted by Crippen LogP contribution is -2.42. The highest BCUT2D eigenvalue weighted by Crippen LogP contribution is 2.27. The summed E-state index contributed by atoms with van der Waals surface area (Å²) in [5.74, 6) is 1.64. The molecule has 6 nitrogen and oxygen atoms in total. The molecule has 1 saturated carbocycles. The number of aromatic nitrogens is 2. The number of rotatable bonds is 5. The predicted octanol–water partition coefficient (Wildman–Crippen LogP) is 5.78. The fraction of sp³-hybridized carbons (Fsp3) is 0.400. The molecule has 0 atom stereocenters. The molecule has 0 bridgehead atoms. The van der Waals surface area contributed by atoms with Crippen LogP contribution in [0, 0.1) is 13.8 Å². The molecule has 0 saturated heterocycles. The molecule has 4 rings (SSSR count). The maximum absolute atomic E-state index is 5.61. The largest absolute Gasteiger partial charge is 0.362 e. The van der Waals surface area contributed by atoms with Crippen molar-refractivity contribution in [2.45, 2.75) is 51.6 Å². The molecular formula is C25H31BrN6S. The summed E-state index contributed by atoms with van der Waals surface area (Å²) in [7, 11) is 4.03. The number of anilines is 3. The molecule has 8 heteroatoms. The van der Waals surface area contributed by atoms with Gasteiger partial charge in [0, 0.05) is 41.7 Å². The third kappa shape index (κ3) is 5.73. The van der Waals surface area contributed by atoms with E-state index in [1.807, 2.05) is 37.2 Å². The Morgan fingerprint density at radius 2 is 1.64 bits per heavy atom. The molecule has 2 aromatic carbocycles. The molecule has 1 aliphatic carbocycles. The third-order valence-electron chi connectivity index (χ3n) is 6.14. The van der Waals surface area contributed by atoms with E-state index in [2.05, 4.69) is 63.9 Å². The second-order valence-electron chi connectivity index (χ2n) is 8.99. The van der Waals surface area contributed by atoms with Crippen LogP contribution in [0.4, 0.5) is 17.5 Å². The van der Waals surface area contributed by atoms with Crippen molar-refractivity contribution in [2.75, 3.05) is 29.6 Å². The van der Waals surface area contributed by atoms with Crippen LogP contribution in [0.5, 0.6) is 0 Å². The lowest BCUT2D eigenvalue weighted by atomic mass is 9.91. The molecule has 1 heterocycles. The minimum Gasteiger partial charge on any atom is -0.362 e. The van der Waals surface area contributed by atoms with Gasteiger partial charge in [-0.15, -0.1) is 0 Å². The molecule has 3 N–H and O–H groups in total. The van der Waals surface area contributed by atoms with Gasteiger partial charge in [-0.25, -0.2) is 4.98 Å². The SMILES string of the molecule is Cc1cc(Br)cc(C)c1NC(=S)NC1CCC(Nc2nc(N(C)C)c3ccccc3n2)CC1. The highest BCUT2D eigenvalue weighted by atomic mass is 79.9. The van der Waals surface area contributed by atoms with Crippen LogP contribution in [0.15, 0.2) is 40.9 Å². The molecular weight excluding hydrogens is 496 g/mol. The van der Waals surface area contributed by atoms with Crippen LogP contribution >= 0.6 is 28.1 Å². The summed E-state index contributed by atoms with van der Waals surface area (Å²) in [6, 6.07) is 13.1. The van der Waals surface area contributed by atoms with E-state index in [-0.39, 0.29) is 0 Å². The van der Waals surface area contributed by atoms with E-state index in [9.17, 15) is 0 Å².